The third kappa shape index (κ3) is 4.02. The van der Waals surface area contributed by atoms with Crippen molar-refractivity contribution >= 4 is 17.5 Å². The van der Waals surface area contributed by atoms with E-state index in [0.29, 0.717) is 11.5 Å². The summed E-state index contributed by atoms with van der Waals surface area (Å²) in [5.41, 5.74) is 2.64. The van der Waals surface area contributed by atoms with E-state index in [1.54, 1.807) is 0 Å². The normalized spacial score (nSPS) is 10.5. The van der Waals surface area contributed by atoms with Crippen LogP contribution in [0.5, 0.6) is 0 Å². The van der Waals surface area contributed by atoms with Crippen molar-refractivity contribution in [1.29, 1.82) is 0 Å². The summed E-state index contributed by atoms with van der Waals surface area (Å²) in [6.07, 6.45) is 3.99. The van der Waals surface area contributed by atoms with E-state index >= 15 is 0 Å². The van der Waals surface area contributed by atoms with E-state index < -0.39 is 0 Å². The van der Waals surface area contributed by atoms with Gasteiger partial charge in [0.2, 0.25) is 5.95 Å². The number of benzene rings is 1. The van der Waals surface area contributed by atoms with Crippen LogP contribution in [0.1, 0.15) is 36.7 Å². The van der Waals surface area contributed by atoms with E-state index in [4.69, 9.17) is 0 Å². The molecule has 5 heteroatoms. The zero-order valence-corrected chi connectivity index (χ0v) is 12.6. The molecule has 1 aromatic carbocycles. The molecular weight excluding hydrogens is 264 g/mol. The van der Waals surface area contributed by atoms with Crippen LogP contribution >= 0.6 is 0 Å². The van der Waals surface area contributed by atoms with Gasteiger partial charge >= 0.3 is 0 Å². The van der Waals surface area contributed by atoms with Gasteiger partial charge in [0.25, 0.3) is 5.91 Å². The summed E-state index contributed by atoms with van der Waals surface area (Å²) in [5, 5.41) is 5.98. The minimum Gasteiger partial charge on any atom is -0.350 e. The summed E-state index contributed by atoms with van der Waals surface area (Å²) < 4.78 is 0. The van der Waals surface area contributed by atoms with Crippen molar-refractivity contribution < 1.29 is 4.79 Å². The summed E-state index contributed by atoms with van der Waals surface area (Å²) in [4.78, 5) is 20.2. The number of hydrogen-bond donors (Lipinski definition) is 2. The summed E-state index contributed by atoms with van der Waals surface area (Å²) in [5.74, 6) is 0.322. The van der Waals surface area contributed by atoms with E-state index in [0.717, 1.165) is 12.1 Å². The Kier molecular flexibility index (Phi) is 4.87. The molecule has 2 N–H and O–H groups in total. The van der Waals surface area contributed by atoms with Crippen molar-refractivity contribution in [3.8, 4) is 0 Å². The van der Waals surface area contributed by atoms with Gasteiger partial charge in [0.15, 0.2) is 0 Å². The number of rotatable bonds is 5. The predicted molar refractivity (Wildman–Crippen MR) is 83.7 cm³/mol. The predicted octanol–water partition coefficient (Wildman–Crippen LogP) is 2.92. The van der Waals surface area contributed by atoms with Crippen molar-refractivity contribution in [2.24, 2.45) is 0 Å². The molecule has 0 fully saturated rings. The van der Waals surface area contributed by atoms with Gasteiger partial charge in [-0.05, 0) is 31.9 Å². The lowest BCUT2D eigenvalue weighted by Gasteiger charge is -2.10. The van der Waals surface area contributed by atoms with Crippen molar-refractivity contribution in [2.45, 2.75) is 33.2 Å². The van der Waals surface area contributed by atoms with Crippen molar-refractivity contribution in [3.05, 3.63) is 47.8 Å². The molecule has 0 spiro atoms. The number of aromatic nitrogens is 2. The highest BCUT2D eigenvalue weighted by molar-refractivity contribution is 5.93. The Morgan fingerprint density at radius 1 is 1.19 bits per heavy atom. The van der Waals surface area contributed by atoms with Crippen LogP contribution in [-0.2, 0) is 6.42 Å². The molecular formula is C16H20N4O. The fraction of sp³-hybridized carbons (Fsp3) is 0.312. The minimum atomic E-state index is -0.162. The van der Waals surface area contributed by atoms with Crippen LogP contribution in [0.2, 0.25) is 0 Å². The van der Waals surface area contributed by atoms with Crippen LogP contribution in [0.15, 0.2) is 36.7 Å². The fourth-order valence-corrected chi connectivity index (χ4v) is 1.93. The molecule has 110 valence electrons. The number of para-hydroxylation sites is 1. The SMILES string of the molecule is CCc1ccccc1Nc1ncc(C(=O)NC(C)C)cn1. The van der Waals surface area contributed by atoms with E-state index in [-0.39, 0.29) is 11.9 Å². The topological polar surface area (TPSA) is 66.9 Å². The van der Waals surface area contributed by atoms with E-state index in [1.807, 2.05) is 32.0 Å². The quantitative estimate of drug-likeness (QED) is 0.886. The second-order valence-corrected chi connectivity index (χ2v) is 5.06. The standard InChI is InChI=1S/C16H20N4O/c1-4-12-7-5-6-8-14(12)20-16-17-9-13(10-18-16)15(21)19-11(2)3/h5-11H,4H2,1-3H3,(H,19,21)(H,17,18,20). The molecule has 0 atom stereocenters. The molecule has 5 nitrogen and oxygen atoms in total. The molecule has 2 aromatic rings. The zero-order chi connectivity index (χ0) is 15.2. The number of amides is 1. The number of aryl methyl sites for hydroxylation is 1. The van der Waals surface area contributed by atoms with Gasteiger partial charge in [-0.2, -0.15) is 0 Å². The van der Waals surface area contributed by atoms with Crippen LogP contribution in [0, 0.1) is 0 Å². The lowest BCUT2D eigenvalue weighted by molar-refractivity contribution is 0.0942. The van der Waals surface area contributed by atoms with E-state index in [2.05, 4.69) is 33.6 Å². The van der Waals surface area contributed by atoms with Gasteiger partial charge in [-0.1, -0.05) is 25.1 Å². The van der Waals surface area contributed by atoms with Gasteiger partial charge in [0.1, 0.15) is 0 Å². The first-order valence-corrected chi connectivity index (χ1v) is 7.08. The molecule has 2 rings (SSSR count). The number of anilines is 2. The Balaban J connectivity index is 2.11. The largest absolute Gasteiger partial charge is 0.350 e. The highest BCUT2D eigenvalue weighted by Crippen LogP contribution is 2.18. The van der Waals surface area contributed by atoms with Gasteiger partial charge in [-0.25, -0.2) is 9.97 Å². The molecule has 0 aliphatic heterocycles. The van der Waals surface area contributed by atoms with Gasteiger partial charge in [0, 0.05) is 24.1 Å². The lowest BCUT2D eigenvalue weighted by atomic mass is 10.1. The summed E-state index contributed by atoms with van der Waals surface area (Å²) in [7, 11) is 0. The molecule has 1 heterocycles. The molecule has 0 saturated carbocycles. The van der Waals surface area contributed by atoms with Crippen LogP contribution in [0.25, 0.3) is 0 Å². The Morgan fingerprint density at radius 2 is 1.86 bits per heavy atom. The average molecular weight is 284 g/mol. The zero-order valence-electron chi connectivity index (χ0n) is 12.6. The number of carbonyl (C=O) groups is 1. The molecule has 0 bridgehead atoms. The smallest absolute Gasteiger partial charge is 0.254 e. The Bertz CT molecular complexity index is 608. The number of hydrogen-bond acceptors (Lipinski definition) is 4. The van der Waals surface area contributed by atoms with E-state index in [9.17, 15) is 4.79 Å². The molecule has 0 radical (unpaired) electrons. The number of nitrogens with one attached hydrogen (secondary N) is 2. The van der Waals surface area contributed by atoms with E-state index in [1.165, 1.54) is 18.0 Å². The lowest BCUT2D eigenvalue weighted by Crippen LogP contribution is -2.30. The Hall–Kier alpha value is -2.43. The summed E-state index contributed by atoms with van der Waals surface area (Å²) in [6.45, 7) is 5.92. The van der Waals surface area contributed by atoms with Crippen molar-refractivity contribution in [1.82, 2.24) is 15.3 Å². The van der Waals surface area contributed by atoms with Crippen LogP contribution < -0.4 is 10.6 Å². The van der Waals surface area contributed by atoms with Gasteiger partial charge in [-0.15, -0.1) is 0 Å². The third-order valence-corrected chi connectivity index (χ3v) is 2.98. The van der Waals surface area contributed by atoms with Crippen molar-refractivity contribution in [3.63, 3.8) is 0 Å². The monoisotopic (exact) mass is 284 g/mol. The first kappa shape index (κ1) is 15.0. The minimum absolute atomic E-state index is 0.0896. The second kappa shape index (κ2) is 6.83. The van der Waals surface area contributed by atoms with Gasteiger partial charge in [0.05, 0.1) is 5.56 Å². The first-order valence-electron chi connectivity index (χ1n) is 7.08. The summed E-state index contributed by atoms with van der Waals surface area (Å²) in [6, 6.07) is 8.11. The molecule has 0 aliphatic carbocycles. The highest BCUT2D eigenvalue weighted by atomic mass is 16.1. The molecule has 0 aliphatic rings. The molecule has 21 heavy (non-hydrogen) atoms. The average Bonchev–Trinajstić information content (AvgIpc) is 2.48. The van der Waals surface area contributed by atoms with Gasteiger partial charge in [-0.3, -0.25) is 4.79 Å². The van der Waals surface area contributed by atoms with Crippen molar-refractivity contribution in [2.75, 3.05) is 5.32 Å². The first-order chi connectivity index (χ1) is 10.1. The Morgan fingerprint density at radius 3 is 2.48 bits per heavy atom. The van der Waals surface area contributed by atoms with Crippen LogP contribution in [-0.4, -0.2) is 21.9 Å². The molecule has 1 aromatic heterocycles. The van der Waals surface area contributed by atoms with Crippen LogP contribution in [0.3, 0.4) is 0 Å². The number of carbonyl (C=O) groups excluding carboxylic acids is 1. The van der Waals surface area contributed by atoms with Crippen LogP contribution in [0.4, 0.5) is 11.6 Å². The molecule has 0 saturated heterocycles. The maximum atomic E-state index is 11.8. The third-order valence-electron chi connectivity index (χ3n) is 2.98. The molecule has 0 unspecified atom stereocenters. The van der Waals surface area contributed by atoms with Gasteiger partial charge < -0.3 is 10.6 Å². The highest BCUT2D eigenvalue weighted by Gasteiger charge is 2.08. The Labute approximate surface area is 124 Å². The maximum Gasteiger partial charge on any atom is 0.254 e. The number of nitrogens with zero attached hydrogens (tertiary/aromatic N) is 2. The maximum absolute atomic E-state index is 11.8. The molecule has 1 amide bonds. The fourth-order valence-electron chi connectivity index (χ4n) is 1.93. The summed E-state index contributed by atoms with van der Waals surface area (Å²) >= 11 is 0. The second-order valence-electron chi connectivity index (χ2n) is 5.06.